The first-order valence-electron chi connectivity index (χ1n) is 10.8. The lowest BCUT2D eigenvalue weighted by Crippen LogP contribution is -2.41. The molecule has 2 heterocycles. The number of carbonyl (C=O) groups is 3. The minimum Gasteiger partial charge on any atom is -0.391 e. The molecule has 3 rings (SSSR count). The van der Waals surface area contributed by atoms with Crippen molar-refractivity contribution in [2.75, 3.05) is 6.54 Å². The molecule has 7 nitrogen and oxygen atoms in total. The smallest absolute Gasteiger partial charge is 0.231 e. The number of benzene rings is 1. The van der Waals surface area contributed by atoms with Crippen LogP contribution in [0.3, 0.4) is 0 Å². The van der Waals surface area contributed by atoms with Crippen molar-refractivity contribution in [1.29, 1.82) is 0 Å². The van der Waals surface area contributed by atoms with Gasteiger partial charge in [-0.15, -0.1) is 0 Å². The second-order valence-electron chi connectivity index (χ2n) is 8.75. The lowest BCUT2D eigenvalue weighted by molar-refractivity contribution is -0.137. The van der Waals surface area contributed by atoms with Crippen molar-refractivity contribution in [3.05, 3.63) is 52.9 Å². The van der Waals surface area contributed by atoms with Gasteiger partial charge in [0, 0.05) is 37.4 Å². The summed E-state index contributed by atoms with van der Waals surface area (Å²) in [5.41, 5.74) is 2.33. The van der Waals surface area contributed by atoms with Crippen molar-refractivity contribution in [3.8, 4) is 0 Å². The highest BCUT2D eigenvalue weighted by molar-refractivity contribution is 5.96. The molecule has 1 amide bonds. The topological polar surface area (TPSA) is 101 Å². The van der Waals surface area contributed by atoms with Crippen molar-refractivity contribution in [1.82, 2.24) is 10.1 Å². The van der Waals surface area contributed by atoms with Crippen LogP contribution in [0.4, 0.5) is 0 Å². The van der Waals surface area contributed by atoms with E-state index in [1.165, 1.54) is 4.90 Å². The van der Waals surface area contributed by atoms with Gasteiger partial charge < -0.3 is 14.5 Å². The molecule has 166 valence electrons. The number of aryl methyl sites for hydroxylation is 2. The van der Waals surface area contributed by atoms with Crippen LogP contribution in [0.15, 0.2) is 34.9 Å². The van der Waals surface area contributed by atoms with Crippen LogP contribution in [-0.4, -0.2) is 51.3 Å². The number of nitrogens with zero attached hydrogens (tertiary/aromatic N) is 2. The molecule has 2 atom stereocenters. The first kappa shape index (κ1) is 22.9. The number of likely N-dealkylation sites (tertiary alicyclic amines) is 1. The summed E-state index contributed by atoms with van der Waals surface area (Å²) in [4.78, 5) is 39.1. The van der Waals surface area contributed by atoms with Crippen LogP contribution in [-0.2, 0) is 22.4 Å². The van der Waals surface area contributed by atoms with Crippen LogP contribution in [0.1, 0.15) is 60.5 Å². The Bertz CT molecular complexity index is 932. The number of amides is 1. The number of carbonyl (C=O) groups excluding carboxylic acids is 3. The van der Waals surface area contributed by atoms with Gasteiger partial charge >= 0.3 is 0 Å². The van der Waals surface area contributed by atoms with Gasteiger partial charge in [0.05, 0.1) is 24.3 Å². The number of aliphatic hydroxyl groups is 1. The fourth-order valence-electron chi connectivity index (χ4n) is 3.92. The van der Waals surface area contributed by atoms with Crippen LogP contribution in [0.2, 0.25) is 0 Å². The van der Waals surface area contributed by atoms with E-state index in [0.29, 0.717) is 35.8 Å². The molecule has 0 saturated carbocycles. The summed E-state index contributed by atoms with van der Waals surface area (Å²) in [6, 6.07) is 8.42. The average molecular weight is 427 g/mol. The monoisotopic (exact) mass is 426 g/mol. The van der Waals surface area contributed by atoms with Crippen molar-refractivity contribution < 1.29 is 24.0 Å². The van der Waals surface area contributed by atoms with E-state index in [9.17, 15) is 19.5 Å². The highest BCUT2D eigenvalue weighted by atomic mass is 16.5. The first-order chi connectivity index (χ1) is 14.7. The molecule has 7 heteroatoms. The molecule has 1 aromatic carbocycles. The third-order valence-corrected chi connectivity index (χ3v) is 5.50. The van der Waals surface area contributed by atoms with Gasteiger partial charge in [0.15, 0.2) is 11.6 Å². The fourth-order valence-corrected chi connectivity index (χ4v) is 3.92. The van der Waals surface area contributed by atoms with E-state index in [-0.39, 0.29) is 43.3 Å². The Kier molecular flexibility index (Phi) is 7.38. The van der Waals surface area contributed by atoms with Crippen LogP contribution < -0.4 is 0 Å². The molecule has 0 radical (unpaired) electrons. The molecule has 1 N–H and O–H groups in total. The lowest BCUT2D eigenvalue weighted by atomic mass is 9.97. The third-order valence-electron chi connectivity index (χ3n) is 5.50. The lowest BCUT2D eigenvalue weighted by Gasteiger charge is -2.23. The van der Waals surface area contributed by atoms with Crippen molar-refractivity contribution in [2.24, 2.45) is 5.92 Å². The normalized spacial score (nSPS) is 18.5. The number of ketones is 2. The fraction of sp³-hybridized carbons (Fsp3) is 0.500. The Balaban J connectivity index is 1.57. The minimum atomic E-state index is -0.708. The van der Waals surface area contributed by atoms with E-state index in [2.05, 4.69) is 5.16 Å². The molecule has 1 fully saturated rings. The number of β-amino-alcohol motifs (C(OH)–C–C–N with tert-alkyl or cyclic N) is 1. The quantitative estimate of drug-likeness (QED) is 0.619. The maximum atomic E-state index is 12.8. The maximum Gasteiger partial charge on any atom is 0.231 e. The summed E-state index contributed by atoms with van der Waals surface area (Å²) in [7, 11) is 0. The third kappa shape index (κ3) is 6.10. The molecule has 1 aliphatic heterocycles. The molecule has 31 heavy (non-hydrogen) atoms. The number of rotatable bonds is 9. The Labute approximate surface area is 182 Å². The van der Waals surface area contributed by atoms with Crippen LogP contribution in [0.25, 0.3) is 0 Å². The number of aliphatic hydroxyl groups excluding tert-OH is 1. The summed E-state index contributed by atoms with van der Waals surface area (Å²) in [5.74, 6) is 0.554. The van der Waals surface area contributed by atoms with Crippen molar-refractivity contribution >= 4 is 17.5 Å². The highest BCUT2D eigenvalue weighted by Crippen LogP contribution is 2.22. The zero-order chi connectivity index (χ0) is 22.5. The summed E-state index contributed by atoms with van der Waals surface area (Å²) >= 11 is 0. The predicted octanol–water partition coefficient (Wildman–Crippen LogP) is 2.92. The Morgan fingerprint density at radius 1 is 1.23 bits per heavy atom. The standard InChI is InChI=1S/C24H30N2O5/c1-15(2)10-23(29)18-7-4-17(5-8-18)6-9-22(28)21-12-19(27)14-26(21)24(30)13-20-11-16(3)25-31-20/h4-5,7-8,11,15,19,21,27H,6,9-10,12-14H2,1-3H3/t19-,21+/m1/s1. The Morgan fingerprint density at radius 3 is 2.55 bits per heavy atom. The SMILES string of the molecule is Cc1cc(CC(=O)N2C[C@H](O)C[C@H]2C(=O)CCc2ccc(C(=O)CC(C)C)cc2)on1. The number of hydrogen-bond donors (Lipinski definition) is 1. The summed E-state index contributed by atoms with van der Waals surface area (Å²) in [6.07, 6.45) is 0.862. The van der Waals surface area contributed by atoms with Gasteiger partial charge in [-0.1, -0.05) is 43.3 Å². The molecule has 1 saturated heterocycles. The van der Waals surface area contributed by atoms with Crippen molar-refractivity contribution in [3.63, 3.8) is 0 Å². The largest absolute Gasteiger partial charge is 0.391 e. The van der Waals surface area contributed by atoms with E-state index in [0.717, 1.165) is 5.56 Å². The average Bonchev–Trinajstić information content (AvgIpc) is 3.31. The highest BCUT2D eigenvalue weighted by Gasteiger charge is 2.38. The van der Waals surface area contributed by atoms with Gasteiger partial charge in [-0.3, -0.25) is 14.4 Å². The van der Waals surface area contributed by atoms with Crippen molar-refractivity contribution in [2.45, 2.75) is 65.0 Å². The molecular formula is C24H30N2O5. The molecule has 0 bridgehead atoms. The molecule has 0 unspecified atom stereocenters. The second kappa shape index (κ2) is 10.0. The minimum absolute atomic E-state index is 0.0171. The maximum absolute atomic E-state index is 12.8. The van der Waals surface area contributed by atoms with Gasteiger partial charge in [-0.05, 0) is 24.8 Å². The summed E-state index contributed by atoms with van der Waals surface area (Å²) < 4.78 is 5.10. The van der Waals surface area contributed by atoms with E-state index >= 15 is 0 Å². The van der Waals surface area contributed by atoms with Gasteiger partial charge in [-0.2, -0.15) is 0 Å². The molecule has 1 aromatic heterocycles. The van der Waals surface area contributed by atoms with E-state index in [1.807, 2.05) is 26.0 Å². The van der Waals surface area contributed by atoms with E-state index in [4.69, 9.17) is 4.52 Å². The van der Waals surface area contributed by atoms with E-state index < -0.39 is 12.1 Å². The molecule has 1 aliphatic rings. The summed E-state index contributed by atoms with van der Waals surface area (Å²) in [6.45, 7) is 5.95. The second-order valence-corrected chi connectivity index (χ2v) is 8.75. The van der Waals surface area contributed by atoms with Gasteiger partial charge in [-0.25, -0.2) is 0 Å². The first-order valence-corrected chi connectivity index (χ1v) is 10.8. The molecule has 0 spiro atoms. The van der Waals surface area contributed by atoms with Crippen LogP contribution in [0, 0.1) is 12.8 Å². The molecule has 2 aromatic rings. The molecular weight excluding hydrogens is 396 g/mol. The predicted molar refractivity (Wildman–Crippen MR) is 115 cm³/mol. The van der Waals surface area contributed by atoms with Gasteiger partial charge in [0.2, 0.25) is 5.91 Å². The van der Waals surface area contributed by atoms with Crippen LogP contribution >= 0.6 is 0 Å². The van der Waals surface area contributed by atoms with Gasteiger partial charge in [0.25, 0.3) is 0 Å². The van der Waals surface area contributed by atoms with E-state index in [1.54, 1.807) is 25.1 Å². The van der Waals surface area contributed by atoms with Crippen LogP contribution in [0.5, 0.6) is 0 Å². The summed E-state index contributed by atoms with van der Waals surface area (Å²) in [5, 5.41) is 13.8. The zero-order valence-corrected chi connectivity index (χ0v) is 18.3. The number of Topliss-reactive ketones (excluding diaryl/α,β-unsaturated/α-hetero) is 2. The number of hydrogen-bond acceptors (Lipinski definition) is 6. The Hall–Kier alpha value is -2.80. The zero-order valence-electron chi connectivity index (χ0n) is 18.3. The molecule has 0 aliphatic carbocycles. The Morgan fingerprint density at radius 2 is 1.94 bits per heavy atom. The number of aromatic nitrogens is 1. The van der Waals surface area contributed by atoms with Gasteiger partial charge in [0.1, 0.15) is 5.76 Å².